The SMILES string of the molecule is CCOC(=O)C(F)OCC1CCOC1. The fourth-order valence-corrected chi connectivity index (χ4v) is 1.21. The molecule has 1 fully saturated rings. The molecule has 5 heteroatoms. The molecule has 1 saturated heterocycles. The van der Waals surface area contributed by atoms with Crippen molar-refractivity contribution in [1.82, 2.24) is 0 Å². The van der Waals surface area contributed by atoms with E-state index in [1.165, 1.54) is 0 Å². The molecule has 1 aliphatic rings. The molecule has 1 heterocycles. The van der Waals surface area contributed by atoms with E-state index in [1.807, 2.05) is 0 Å². The van der Waals surface area contributed by atoms with E-state index in [9.17, 15) is 9.18 Å². The first-order chi connectivity index (χ1) is 6.74. The summed E-state index contributed by atoms with van der Waals surface area (Å²) < 4.78 is 27.1. The molecule has 0 amide bonds. The average molecular weight is 206 g/mol. The number of ether oxygens (including phenoxy) is 3. The minimum Gasteiger partial charge on any atom is -0.462 e. The lowest BCUT2D eigenvalue weighted by atomic mass is 10.1. The van der Waals surface area contributed by atoms with Gasteiger partial charge in [0, 0.05) is 12.5 Å². The van der Waals surface area contributed by atoms with Crippen LogP contribution in [0.3, 0.4) is 0 Å². The van der Waals surface area contributed by atoms with Crippen molar-refractivity contribution in [2.24, 2.45) is 5.92 Å². The Kier molecular flexibility index (Phi) is 4.82. The van der Waals surface area contributed by atoms with Gasteiger partial charge in [0.05, 0.1) is 19.8 Å². The Labute approximate surface area is 82.3 Å². The number of carbonyl (C=O) groups is 1. The first kappa shape index (κ1) is 11.4. The molecule has 0 aliphatic carbocycles. The number of hydrogen-bond donors (Lipinski definition) is 0. The number of alkyl halides is 1. The molecule has 0 bridgehead atoms. The van der Waals surface area contributed by atoms with E-state index >= 15 is 0 Å². The van der Waals surface area contributed by atoms with Crippen molar-refractivity contribution in [3.05, 3.63) is 0 Å². The summed E-state index contributed by atoms with van der Waals surface area (Å²) in [5, 5.41) is 0. The van der Waals surface area contributed by atoms with Crippen molar-refractivity contribution in [3.63, 3.8) is 0 Å². The van der Waals surface area contributed by atoms with E-state index < -0.39 is 12.3 Å². The van der Waals surface area contributed by atoms with Gasteiger partial charge in [0.25, 0.3) is 6.36 Å². The summed E-state index contributed by atoms with van der Waals surface area (Å²) in [6.07, 6.45) is -1.11. The second-order valence-corrected chi connectivity index (χ2v) is 3.13. The normalized spacial score (nSPS) is 23.4. The third kappa shape index (κ3) is 3.59. The van der Waals surface area contributed by atoms with Crippen LogP contribution in [0.2, 0.25) is 0 Å². The first-order valence-corrected chi connectivity index (χ1v) is 4.74. The van der Waals surface area contributed by atoms with E-state index in [-0.39, 0.29) is 19.1 Å². The minimum atomic E-state index is -1.96. The molecule has 0 aromatic heterocycles. The largest absolute Gasteiger partial charge is 0.462 e. The Hall–Kier alpha value is -0.680. The molecular weight excluding hydrogens is 191 g/mol. The van der Waals surface area contributed by atoms with Gasteiger partial charge in [0.2, 0.25) is 0 Å². The third-order valence-corrected chi connectivity index (χ3v) is 1.97. The zero-order valence-electron chi connectivity index (χ0n) is 8.20. The molecule has 2 atom stereocenters. The van der Waals surface area contributed by atoms with Crippen molar-refractivity contribution in [2.75, 3.05) is 26.4 Å². The molecule has 0 saturated carbocycles. The molecule has 1 rings (SSSR count). The van der Waals surface area contributed by atoms with Crippen LogP contribution in [0.5, 0.6) is 0 Å². The fourth-order valence-electron chi connectivity index (χ4n) is 1.21. The summed E-state index contributed by atoms with van der Waals surface area (Å²) in [5.74, 6) is -0.755. The van der Waals surface area contributed by atoms with Crippen molar-refractivity contribution >= 4 is 5.97 Å². The minimum absolute atomic E-state index is 0.162. The summed E-state index contributed by atoms with van der Waals surface area (Å²) in [7, 11) is 0. The van der Waals surface area contributed by atoms with E-state index in [4.69, 9.17) is 9.47 Å². The maximum absolute atomic E-state index is 12.9. The van der Waals surface area contributed by atoms with Gasteiger partial charge in [-0.2, -0.15) is 0 Å². The van der Waals surface area contributed by atoms with Crippen molar-refractivity contribution < 1.29 is 23.4 Å². The van der Waals surface area contributed by atoms with Gasteiger partial charge < -0.3 is 14.2 Å². The quantitative estimate of drug-likeness (QED) is 0.627. The van der Waals surface area contributed by atoms with E-state index in [1.54, 1.807) is 6.92 Å². The summed E-state index contributed by atoms with van der Waals surface area (Å²) in [6, 6.07) is 0. The standard InChI is InChI=1S/C9H15FO4/c1-2-13-9(11)8(10)14-6-7-3-4-12-5-7/h7-8H,2-6H2,1H3. The second kappa shape index (κ2) is 5.93. The summed E-state index contributed by atoms with van der Waals surface area (Å²) >= 11 is 0. The van der Waals surface area contributed by atoms with Crippen LogP contribution >= 0.6 is 0 Å². The van der Waals surface area contributed by atoms with Gasteiger partial charge in [-0.15, -0.1) is 0 Å². The molecule has 0 spiro atoms. The van der Waals surface area contributed by atoms with Crippen LogP contribution in [0.1, 0.15) is 13.3 Å². The zero-order valence-corrected chi connectivity index (χ0v) is 8.20. The highest BCUT2D eigenvalue weighted by molar-refractivity contribution is 5.72. The van der Waals surface area contributed by atoms with E-state index in [0.717, 1.165) is 6.42 Å². The Bertz CT molecular complexity index is 180. The van der Waals surface area contributed by atoms with Crippen LogP contribution < -0.4 is 0 Å². The van der Waals surface area contributed by atoms with Crippen LogP contribution in [-0.2, 0) is 19.0 Å². The Morgan fingerprint density at radius 2 is 2.50 bits per heavy atom. The van der Waals surface area contributed by atoms with E-state index in [0.29, 0.717) is 13.2 Å². The molecule has 1 aliphatic heterocycles. The molecule has 0 N–H and O–H groups in total. The van der Waals surface area contributed by atoms with Crippen LogP contribution in [0.15, 0.2) is 0 Å². The molecule has 4 nitrogen and oxygen atoms in total. The van der Waals surface area contributed by atoms with Gasteiger partial charge in [-0.3, -0.25) is 0 Å². The summed E-state index contributed by atoms with van der Waals surface area (Å²) in [6.45, 7) is 3.25. The molecule has 82 valence electrons. The number of esters is 1. The lowest BCUT2D eigenvalue weighted by Gasteiger charge is -2.11. The van der Waals surface area contributed by atoms with Crippen LogP contribution in [0.4, 0.5) is 4.39 Å². The number of carbonyl (C=O) groups excluding carboxylic acids is 1. The smallest absolute Gasteiger partial charge is 0.368 e. The second-order valence-electron chi connectivity index (χ2n) is 3.13. The summed E-state index contributed by atoms with van der Waals surface area (Å²) in [4.78, 5) is 10.8. The maximum atomic E-state index is 12.9. The average Bonchev–Trinajstić information content (AvgIpc) is 2.67. The van der Waals surface area contributed by atoms with Crippen molar-refractivity contribution in [3.8, 4) is 0 Å². The summed E-state index contributed by atoms with van der Waals surface area (Å²) in [5.41, 5.74) is 0. The number of rotatable bonds is 5. The van der Waals surface area contributed by atoms with Crippen LogP contribution in [-0.4, -0.2) is 38.8 Å². The Morgan fingerprint density at radius 1 is 1.71 bits per heavy atom. The lowest BCUT2D eigenvalue weighted by molar-refractivity contribution is -0.170. The highest BCUT2D eigenvalue weighted by atomic mass is 19.1. The molecule has 14 heavy (non-hydrogen) atoms. The van der Waals surface area contributed by atoms with Gasteiger partial charge >= 0.3 is 5.97 Å². The Morgan fingerprint density at radius 3 is 3.07 bits per heavy atom. The van der Waals surface area contributed by atoms with Crippen LogP contribution in [0.25, 0.3) is 0 Å². The third-order valence-electron chi connectivity index (χ3n) is 1.97. The first-order valence-electron chi connectivity index (χ1n) is 4.74. The zero-order chi connectivity index (χ0) is 10.4. The predicted octanol–water partition coefficient (Wildman–Crippen LogP) is 0.898. The van der Waals surface area contributed by atoms with Gasteiger partial charge in [-0.25, -0.2) is 9.18 Å². The molecule has 0 aromatic rings. The highest BCUT2D eigenvalue weighted by Crippen LogP contribution is 2.13. The van der Waals surface area contributed by atoms with Crippen molar-refractivity contribution in [2.45, 2.75) is 19.7 Å². The Balaban J connectivity index is 2.13. The maximum Gasteiger partial charge on any atom is 0.368 e. The predicted molar refractivity (Wildman–Crippen MR) is 46.4 cm³/mol. The monoisotopic (exact) mass is 206 g/mol. The molecule has 2 unspecified atom stereocenters. The molecule has 0 aromatic carbocycles. The van der Waals surface area contributed by atoms with Gasteiger partial charge in [0.15, 0.2) is 0 Å². The van der Waals surface area contributed by atoms with Gasteiger partial charge in [0.1, 0.15) is 0 Å². The lowest BCUT2D eigenvalue weighted by Crippen LogP contribution is -2.24. The number of halogens is 1. The molecular formula is C9H15FO4. The van der Waals surface area contributed by atoms with Gasteiger partial charge in [-0.1, -0.05) is 0 Å². The van der Waals surface area contributed by atoms with Crippen molar-refractivity contribution in [1.29, 1.82) is 0 Å². The topological polar surface area (TPSA) is 44.8 Å². The molecule has 0 radical (unpaired) electrons. The highest BCUT2D eigenvalue weighted by Gasteiger charge is 2.23. The fraction of sp³-hybridized carbons (Fsp3) is 0.889. The van der Waals surface area contributed by atoms with Gasteiger partial charge in [-0.05, 0) is 13.3 Å². The number of hydrogen-bond acceptors (Lipinski definition) is 4. The van der Waals surface area contributed by atoms with Crippen LogP contribution in [0, 0.1) is 5.92 Å². The van der Waals surface area contributed by atoms with E-state index in [2.05, 4.69) is 4.74 Å².